The van der Waals surface area contributed by atoms with Gasteiger partial charge in [-0.15, -0.1) is 11.8 Å². The van der Waals surface area contributed by atoms with Crippen LogP contribution in [0.4, 0.5) is 0 Å². The third kappa shape index (κ3) is 5.44. The average molecular weight is 383 g/mol. The molecule has 0 radical (unpaired) electrons. The third-order valence-corrected chi connectivity index (χ3v) is 5.14. The van der Waals surface area contributed by atoms with E-state index in [2.05, 4.69) is 5.32 Å². The van der Waals surface area contributed by atoms with E-state index in [1.54, 1.807) is 18.2 Å². The Morgan fingerprint density at radius 1 is 1.12 bits per heavy atom. The van der Waals surface area contributed by atoms with Crippen molar-refractivity contribution in [2.24, 2.45) is 5.73 Å². The van der Waals surface area contributed by atoms with Crippen LogP contribution in [0.25, 0.3) is 0 Å². The Hall–Kier alpha value is -1.69. The van der Waals surface area contributed by atoms with Gasteiger partial charge in [0.25, 0.3) is 0 Å². The standard InChI is InChI=1S/C17H16Cl2N2O2S/c18-12-6-7-14(13(19)10-12)24-16(11-4-2-1-3-5-11)17(23)21-9-8-15(20)22/h1-7,10,16H,8-9H2,(H2,20,22)(H,21,23). The van der Waals surface area contributed by atoms with Crippen LogP contribution in [0.5, 0.6) is 0 Å². The molecule has 0 fully saturated rings. The second kappa shape index (κ2) is 8.97. The van der Waals surface area contributed by atoms with Gasteiger partial charge >= 0.3 is 0 Å². The maximum atomic E-state index is 12.6. The highest BCUT2D eigenvalue weighted by molar-refractivity contribution is 8.00. The number of hydrogen-bond acceptors (Lipinski definition) is 3. The smallest absolute Gasteiger partial charge is 0.238 e. The van der Waals surface area contributed by atoms with Crippen LogP contribution in [-0.2, 0) is 9.59 Å². The summed E-state index contributed by atoms with van der Waals surface area (Å²) in [4.78, 5) is 24.1. The molecule has 1 atom stereocenters. The normalized spacial score (nSPS) is 11.8. The van der Waals surface area contributed by atoms with E-state index in [1.165, 1.54) is 11.8 Å². The fourth-order valence-electron chi connectivity index (χ4n) is 2.00. The van der Waals surface area contributed by atoms with E-state index in [9.17, 15) is 9.59 Å². The van der Waals surface area contributed by atoms with E-state index >= 15 is 0 Å². The van der Waals surface area contributed by atoms with Gasteiger partial charge in [0.05, 0.1) is 5.02 Å². The number of hydrogen-bond donors (Lipinski definition) is 2. The summed E-state index contributed by atoms with van der Waals surface area (Å²) in [7, 11) is 0. The Morgan fingerprint density at radius 2 is 1.83 bits per heavy atom. The van der Waals surface area contributed by atoms with Crippen molar-refractivity contribution in [1.82, 2.24) is 5.32 Å². The van der Waals surface area contributed by atoms with E-state index in [-0.39, 0.29) is 18.9 Å². The molecule has 2 aromatic carbocycles. The summed E-state index contributed by atoms with van der Waals surface area (Å²) >= 11 is 13.5. The van der Waals surface area contributed by atoms with Gasteiger partial charge < -0.3 is 11.1 Å². The van der Waals surface area contributed by atoms with Crippen molar-refractivity contribution in [3.8, 4) is 0 Å². The Balaban J connectivity index is 2.20. The molecule has 0 bridgehead atoms. The lowest BCUT2D eigenvalue weighted by Crippen LogP contribution is -2.31. The fraction of sp³-hybridized carbons (Fsp3) is 0.176. The minimum atomic E-state index is -0.502. The topological polar surface area (TPSA) is 72.2 Å². The van der Waals surface area contributed by atoms with Gasteiger partial charge in [-0.25, -0.2) is 0 Å². The van der Waals surface area contributed by atoms with Gasteiger partial charge in [0.1, 0.15) is 5.25 Å². The number of thioether (sulfide) groups is 1. The predicted molar refractivity (Wildman–Crippen MR) is 98.3 cm³/mol. The first-order valence-corrected chi connectivity index (χ1v) is 8.83. The summed E-state index contributed by atoms with van der Waals surface area (Å²) in [5, 5.41) is 3.25. The monoisotopic (exact) mass is 382 g/mol. The molecule has 0 aliphatic rings. The lowest BCUT2D eigenvalue weighted by Gasteiger charge is -2.17. The van der Waals surface area contributed by atoms with Gasteiger partial charge in [0, 0.05) is 22.9 Å². The Kier molecular flexibility index (Phi) is 6.97. The van der Waals surface area contributed by atoms with Crippen LogP contribution in [-0.4, -0.2) is 18.4 Å². The highest BCUT2D eigenvalue weighted by atomic mass is 35.5. The predicted octanol–water partition coefficient (Wildman–Crippen LogP) is 3.82. The molecular formula is C17H16Cl2N2O2S. The second-order valence-corrected chi connectivity index (χ2v) is 6.98. The van der Waals surface area contributed by atoms with Crippen molar-refractivity contribution >= 4 is 46.8 Å². The Labute approximate surface area is 154 Å². The number of primary amides is 1. The quantitative estimate of drug-likeness (QED) is 0.714. The molecule has 0 saturated heterocycles. The molecule has 0 saturated carbocycles. The fourth-order valence-corrected chi connectivity index (χ4v) is 3.60. The number of nitrogens with two attached hydrogens (primary N) is 1. The van der Waals surface area contributed by atoms with Gasteiger partial charge in [-0.3, -0.25) is 9.59 Å². The van der Waals surface area contributed by atoms with Crippen molar-refractivity contribution in [2.75, 3.05) is 6.54 Å². The van der Waals surface area contributed by atoms with E-state index in [0.717, 1.165) is 10.5 Å². The van der Waals surface area contributed by atoms with Crippen LogP contribution >= 0.6 is 35.0 Å². The van der Waals surface area contributed by atoms with Crippen LogP contribution in [0.3, 0.4) is 0 Å². The van der Waals surface area contributed by atoms with Crippen molar-refractivity contribution in [3.63, 3.8) is 0 Å². The van der Waals surface area contributed by atoms with Gasteiger partial charge in [-0.05, 0) is 23.8 Å². The minimum absolute atomic E-state index is 0.0968. The molecule has 1 unspecified atom stereocenters. The maximum absolute atomic E-state index is 12.6. The van der Waals surface area contributed by atoms with Crippen LogP contribution < -0.4 is 11.1 Å². The number of rotatable bonds is 7. The number of carbonyl (C=O) groups is 2. The van der Waals surface area contributed by atoms with Crippen LogP contribution in [0.1, 0.15) is 17.2 Å². The Bertz CT molecular complexity index is 726. The summed E-state index contributed by atoms with van der Waals surface area (Å²) in [6.45, 7) is 0.201. The molecule has 2 aromatic rings. The zero-order valence-electron chi connectivity index (χ0n) is 12.7. The molecule has 0 aromatic heterocycles. The second-order valence-electron chi connectivity index (χ2n) is 4.99. The molecule has 3 N–H and O–H groups in total. The molecule has 4 nitrogen and oxygen atoms in total. The first-order chi connectivity index (χ1) is 11.5. The van der Waals surface area contributed by atoms with Gasteiger partial charge in [0.2, 0.25) is 11.8 Å². The van der Waals surface area contributed by atoms with Crippen LogP contribution in [0.2, 0.25) is 10.0 Å². The molecule has 2 amide bonds. The zero-order chi connectivity index (χ0) is 17.5. The van der Waals surface area contributed by atoms with Crippen molar-refractivity contribution in [2.45, 2.75) is 16.6 Å². The first-order valence-electron chi connectivity index (χ1n) is 7.20. The third-order valence-electron chi connectivity index (χ3n) is 3.15. The van der Waals surface area contributed by atoms with E-state index < -0.39 is 11.2 Å². The molecule has 126 valence electrons. The summed E-state index contributed by atoms with van der Waals surface area (Å²) in [6, 6.07) is 14.5. The zero-order valence-corrected chi connectivity index (χ0v) is 15.0. The number of nitrogens with one attached hydrogen (secondary N) is 1. The van der Waals surface area contributed by atoms with Crippen LogP contribution in [0, 0.1) is 0 Å². The van der Waals surface area contributed by atoms with Crippen molar-refractivity contribution < 1.29 is 9.59 Å². The van der Waals surface area contributed by atoms with Gasteiger partial charge in [0.15, 0.2) is 0 Å². The molecule has 0 heterocycles. The number of carbonyl (C=O) groups excluding carboxylic acids is 2. The highest BCUT2D eigenvalue weighted by Crippen LogP contribution is 2.39. The van der Waals surface area contributed by atoms with E-state index in [4.69, 9.17) is 28.9 Å². The molecule has 0 aliphatic heterocycles. The largest absolute Gasteiger partial charge is 0.370 e. The highest BCUT2D eigenvalue weighted by Gasteiger charge is 2.22. The number of halogens is 2. The summed E-state index contributed by atoms with van der Waals surface area (Å²) in [5.74, 6) is -0.668. The maximum Gasteiger partial charge on any atom is 0.238 e. The molecule has 24 heavy (non-hydrogen) atoms. The first kappa shape index (κ1) is 18.6. The number of amides is 2. The van der Waals surface area contributed by atoms with Crippen LogP contribution in [0.15, 0.2) is 53.4 Å². The van der Waals surface area contributed by atoms with Crippen molar-refractivity contribution in [1.29, 1.82) is 0 Å². The molecule has 0 spiro atoms. The average Bonchev–Trinajstić information content (AvgIpc) is 2.54. The van der Waals surface area contributed by atoms with Crippen molar-refractivity contribution in [3.05, 3.63) is 64.1 Å². The van der Waals surface area contributed by atoms with E-state index in [1.807, 2.05) is 30.3 Å². The van der Waals surface area contributed by atoms with E-state index in [0.29, 0.717) is 10.0 Å². The molecular weight excluding hydrogens is 367 g/mol. The number of benzene rings is 2. The summed E-state index contributed by atoms with van der Waals surface area (Å²) in [5.41, 5.74) is 5.94. The minimum Gasteiger partial charge on any atom is -0.370 e. The SMILES string of the molecule is NC(=O)CCNC(=O)C(Sc1ccc(Cl)cc1Cl)c1ccccc1. The van der Waals surface area contributed by atoms with Gasteiger partial charge in [-0.2, -0.15) is 0 Å². The molecule has 0 aliphatic carbocycles. The lowest BCUT2D eigenvalue weighted by atomic mass is 10.1. The lowest BCUT2D eigenvalue weighted by molar-refractivity contribution is -0.121. The summed E-state index contributed by atoms with van der Waals surface area (Å²) in [6.07, 6.45) is 0.0968. The molecule has 7 heteroatoms. The Morgan fingerprint density at radius 3 is 2.46 bits per heavy atom. The summed E-state index contributed by atoms with van der Waals surface area (Å²) < 4.78 is 0. The molecule has 2 rings (SSSR count). The van der Waals surface area contributed by atoms with Gasteiger partial charge in [-0.1, -0.05) is 53.5 Å².